The number of hydrogen-bond donors (Lipinski definition) is 2. The van der Waals surface area contributed by atoms with Gasteiger partial charge in [-0.3, -0.25) is 14.6 Å². The normalized spacial score (nSPS) is 18.3. The Morgan fingerprint density at radius 2 is 1.79 bits per heavy atom. The maximum Gasteiger partial charge on any atom is 0.253 e. The molecule has 1 aliphatic heterocycles. The van der Waals surface area contributed by atoms with Crippen molar-refractivity contribution in [3.8, 4) is 11.3 Å². The van der Waals surface area contributed by atoms with Crippen LogP contribution in [0.1, 0.15) is 43.1 Å². The molecule has 2 aromatic carbocycles. The third-order valence-electron chi connectivity index (χ3n) is 6.62. The summed E-state index contributed by atoms with van der Waals surface area (Å²) in [5.74, 6) is -1.04. The van der Waals surface area contributed by atoms with Crippen LogP contribution in [0.15, 0.2) is 72.9 Å². The quantitative estimate of drug-likeness (QED) is 0.364. The molecule has 1 aliphatic rings. The molecule has 1 saturated heterocycles. The average molecular weight is 520 g/mol. The van der Waals surface area contributed by atoms with Crippen molar-refractivity contribution in [1.82, 2.24) is 15.6 Å². The molecule has 2 unspecified atom stereocenters. The number of ether oxygens (including phenoxy) is 2. The number of amides is 2. The second kappa shape index (κ2) is 11.8. The van der Waals surface area contributed by atoms with Crippen LogP contribution in [0.5, 0.6) is 0 Å². The minimum Gasteiger partial charge on any atom is -0.353 e. The predicted octanol–water partition coefficient (Wildman–Crippen LogP) is 4.52. The summed E-state index contributed by atoms with van der Waals surface area (Å²) in [4.78, 5) is 31.1. The van der Waals surface area contributed by atoms with Gasteiger partial charge in [0.1, 0.15) is 18.0 Å². The molecule has 0 radical (unpaired) electrons. The lowest BCUT2D eigenvalue weighted by atomic mass is 9.92. The third kappa shape index (κ3) is 7.24. The third-order valence-corrected chi connectivity index (χ3v) is 6.62. The Labute approximate surface area is 222 Å². The Balaban J connectivity index is 1.46. The van der Waals surface area contributed by atoms with Gasteiger partial charge < -0.3 is 20.1 Å². The van der Waals surface area contributed by atoms with Gasteiger partial charge in [0.15, 0.2) is 6.29 Å². The molecule has 7 nitrogen and oxygen atoms in total. The van der Waals surface area contributed by atoms with Gasteiger partial charge >= 0.3 is 0 Å². The zero-order chi connectivity index (χ0) is 27.3. The van der Waals surface area contributed by atoms with Crippen LogP contribution >= 0.6 is 0 Å². The van der Waals surface area contributed by atoms with Crippen LogP contribution in [-0.2, 0) is 20.7 Å². The molecule has 0 aliphatic carbocycles. The van der Waals surface area contributed by atoms with Crippen molar-refractivity contribution in [2.75, 3.05) is 7.11 Å². The number of rotatable bonds is 11. The van der Waals surface area contributed by atoms with Crippen LogP contribution in [0.4, 0.5) is 4.39 Å². The van der Waals surface area contributed by atoms with Crippen molar-refractivity contribution in [1.29, 1.82) is 0 Å². The van der Waals surface area contributed by atoms with Gasteiger partial charge in [-0.1, -0.05) is 49.4 Å². The molecule has 4 atom stereocenters. The lowest BCUT2D eigenvalue weighted by Crippen LogP contribution is -2.54. The molecule has 200 valence electrons. The lowest BCUT2D eigenvalue weighted by Gasteiger charge is -2.30. The summed E-state index contributed by atoms with van der Waals surface area (Å²) in [6.07, 6.45) is 1.95. The van der Waals surface area contributed by atoms with Crippen LogP contribution in [-0.4, -0.2) is 47.9 Å². The highest BCUT2D eigenvalue weighted by Gasteiger charge is 2.44. The first kappa shape index (κ1) is 27.4. The zero-order valence-electron chi connectivity index (χ0n) is 22.1. The SMILES string of the molecule is COC1OC1[C@@H](C)C[C@H](NC(=O)c1ccc(-c2ccccc2)nc1)C(=O)NC(C)(C)Cc1ccc(F)cc1. The van der Waals surface area contributed by atoms with E-state index in [9.17, 15) is 14.0 Å². The molecule has 8 heteroatoms. The maximum absolute atomic E-state index is 13.5. The zero-order valence-corrected chi connectivity index (χ0v) is 22.1. The predicted molar refractivity (Wildman–Crippen MR) is 143 cm³/mol. The summed E-state index contributed by atoms with van der Waals surface area (Å²) >= 11 is 0. The minimum atomic E-state index is -0.805. The Bertz CT molecular complexity index is 1230. The number of epoxide rings is 1. The second-order valence-electron chi connectivity index (χ2n) is 10.4. The number of aromatic nitrogens is 1. The number of halogens is 1. The number of carbonyl (C=O) groups excluding carboxylic acids is 2. The summed E-state index contributed by atoms with van der Waals surface area (Å²) in [6.45, 7) is 5.76. The molecule has 0 saturated carbocycles. The van der Waals surface area contributed by atoms with Crippen LogP contribution in [0.2, 0.25) is 0 Å². The Morgan fingerprint density at radius 3 is 2.39 bits per heavy atom. The lowest BCUT2D eigenvalue weighted by molar-refractivity contribution is -0.125. The number of hydrogen-bond acceptors (Lipinski definition) is 5. The standard InChI is InChI=1S/C30H34FN3O4/c1-19(26-29(37-4)38-26)16-25(28(36)34-30(2,3)17-20-10-13-23(31)14-11-20)33-27(35)22-12-15-24(32-18-22)21-8-6-5-7-9-21/h5-15,18-19,25-26,29H,16-17H2,1-4H3,(H,33,35)(H,34,36)/t19-,25-,26?,29?/m0/s1. The van der Waals surface area contributed by atoms with Crippen molar-refractivity contribution in [2.45, 2.75) is 57.6 Å². The van der Waals surface area contributed by atoms with Crippen molar-refractivity contribution in [3.63, 3.8) is 0 Å². The van der Waals surface area contributed by atoms with Crippen LogP contribution in [0.25, 0.3) is 11.3 Å². The van der Waals surface area contributed by atoms with Crippen molar-refractivity contribution < 1.29 is 23.5 Å². The fourth-order valence-electron chi connectivity index (χ4n) is 4.57. The highest BCUT2D eigenvalue weighted by atomic mass is 19.1. The molecule has 0 spiro atoms. The topological polar surface area (TPSA) is 92.8 Å². The minimum absolute atomic E-state index is 0.0326. The molecular weight excluding hydrogens is 485 g/mol. The molecule has 2 heterocycles. The molecule has 3 aromatic rings. The number of pyridine rings is 1. The van der Waals surface area contributed by atoms with Crippen molar-refractivity contribution in [2.24, 2.45) is 5.92 Å². The Morgan fingerprint density at radius 1 is 1.08 bits per heavy atom. The largest absolute Gasteiger partial charge is 0.353 e. The fraction of sp³-hybridized carbons (Fsp3) is 0.367. The Hall–Kier alpha value is -3.62. The number of carbonyl (C=O) groups is 2. The van der Waals surface area contributed by atoms with Gasteiger partial charge in [0.2, 0.25) is 5.91 Å². The number of nitrogens with one attached hydrogen (secondary N) is 2. The van der Waals surface area contributed by atoms with E-state index in [0.29, 0.717) is 18.4 Å². The highest BCUT2D eigenvalue weighted by molar-refractivity contribution is 5.97. The average Bonchev–Trinajstić information content (AvgIpc) is 3.70. The second-order valence-corrected chi connectivity index (χ2v) is 10.4. The van der Waals surface area contributed by atoms with Gasteiger partial charge in [0.25, 0.3) is 5.91 Å². The van der Waals surface area contributed by atoms with E-state index in [-0.39, 0.29) is 35.9 Å². The molecule has 2 amide bonds. The summed E-state index contributed by atoms with van der Waals surface area (Å²) < 4.78 is 24.1. The summed E-state index contributed by atoms with van der Waals surface area (Å²) in [5, 5.41) is 5.96. The van der Waals surface area contributed by atoms with Gasteiger partial charge in [-0.05, 0) is 62.4 Å². The maximum atomic E-state index is 13.5. The molecule has 0 bridgehead atoms. The van der Waals surface area contributed by atoms with Crippen LogP contribution in [0, 0.1) is 11.7 Å². The number of nitrogens with zero attached hydrogens (tertiary/aromatic N) is 1. The van der Waals surface area contributed by atoms with Gasteiger partial charge in [0, 0.05) is 24.4 Å². The van der Waals surface area contributed by atoms with Gasteiger partial charge in [-0.2, -0.15) is 0 Å². The van der Waals surface area contributed by atoms with E-state index in [1.165, 1.54) is 18.3 Å². The van der Waals surface area contributed by atoms with Crippen molar-refractivity contribution >= 4 is 11.8 Å². The number of methoxy groups -OCH3 is 1. The van der Waals surface area contributed by atoms with Crippen LogP contribution in [0.3, 0.4) is 0 Å². The van der Waals surface area contributed by atoms with E-state index in [2.05, 4.69) is 15.6 Å². The molecule has 1 fully saturated rings. The van der Waals surface area contributed by atoms with E-state index in [0.717, 1.165) is 16.8 Å². The van der Waals surface area contributed by atoms with Gasteiger partial charge in [-0.15, -0.1) is 0 Å². The van der Waals surface area contributed by atoms with E-state index < -0.39 is 11.6 Å². The summed E-state index contributed by atoms with van der Waals surface area (Å²) in [6, 6.07) is 18.6. The van der Waals surface area contributed by atoms with Gasteiger partial charge in [-0.25, -0.2) is 4.39 Å². The first-order valence-electron chi connectivity index (χ1n) is 12.7. The number of benzene rings is 2. The van der Waals surface area contributed by atoms with Crippen molar-refractivity contribution in [3.05, 3.63) is 89.9 Å². The molecular formula is C30H34FN3O4. The highest BCUT2D eigenvalue weighted by Crippen LogP contribution is 2.32. The molecule has 4 rings (SSSR count). The van der Waals surface area contributed by atoms with E-state index in [4.69, 9.17) is 9.47 Å². The Kier molecular flexibility index (Phi) is 8.54. The molecule has 38 heavy (non-hydrogen) atoms. The fourth-order valence-corrected chi connectivity index (χ4v) is 4.57. The van der Waals surface area contributed by atoms with E-state index in [1.54, 1.807) is 31.4 Å². The summed E-state index contributed by atoms with van der Waals surface area (Å²) in [7, 11) is 1.58. The monoisotopic (exact) mass is 519 g/mol. The van der Waals surface area contributed by atoms with E-state index >= 15 is 0 Å². The van der Waals surface area contributed by atoms with E-state index in [1.807, 2.05) is 51.1 Å². The first-order valence-corrected chi connectivity index (χ1v) is 12.7. The summed E-state index contributed by atoms with van der Waals surface area (Å²) in [5.41, 5.74) is 2.32. The van der Waals surface area contributed by atoms with Gasteiger partial charge in [0.05, 0.1) is 11.3 Å². The first-order chi connectivity index (χ1) is 18.1. The molecule has 1 aromatic heterocycles. The smallest absolute Gasteiger partial charge is 0.253 e. The molecule has 2 N–H and O–H groups in total. The van der Waals surface area contributed by atoms with Crippen LogP contribution < -0.4 is 10.6 Å².